The van der Waals surface area contributed by atoms with Gasteiger partial charge in [0, 0.05) is 28.3 Å². The summed E-state index contributed by atoms with van der Waals surface area (Å²) in [5, 5.41) is 1.42. The van der Waals surface area contributed by atoms with E-state index in [1.54, 1.807) is 28.9 Å². The maximum atomic E-state index is 13.0. The first-order valence-electron chi connectivity index (χ1n) is 9.27. The summed E-state index contributed by atoms with van der Waals surface area (Å²) in [6.45, 7) is 10.5. The van der Waals surface area contributed by atoms with Crippen molar-refractivity contribution in [3.05, 3.63) is 50.1 Å². The second-order valence-corrected chi connectivity index (χ2v) is 8.65. The van der Waals surface area contributed by atoms with Crippen LogP contribution in [-0.4, -0.2) is 21.9 Å². The van der Waals surface area contributed by atoms with Crippen LogP contribution >= 0.6 is 23.1 Å². The minimum atomic E-state index is 0.0133. The van der Waals surface area contributed by atoms with Gasteiger partial charge in [-0.3, -0.25) is 14.2 Å². The molecule has 0 aliphatic carbocycles. The van der Waals surface area contributed by atoms with Crippen LogP contribution in [0.1, 0.15) is 47.1 Å². The Hall–Kier alpha value is -2.12. The Balaban J connectivity index is 2.01. The quantitative estimate of drug-likeness (QED) is 0.308. The molecule has 0 spiro atoms. The van der Waals surface area contributed by atoms with E-state index in [-0.39, 0.29) is 11.3 Å². The normalized spacial score (nSPS) is 11.2. The maximum absolute atomic E-state index is 13.0. The average molecular weight is 417 g/mol. The Morgan fingerprint density at radius 2 is 2.04 bits per heavy atom. The molecule has 0 saturated carbocycles. The smallest absolute Gasteiger partial charge is 0.263 e. The van der Waals surface area contributed by atoms with Gasteiger partial charge in [0.05, 0.1) is 12.0 Å². The number of fused-ring (bicyclic) bond motifs is 1. The van der Waals surface area contributed by atoms with Crippen LogP contribution in [0.15, 0.2) is 28.2 Å². The highest BCUT2D eigenvalue weighted by Crippen LogP contribution is 2.31. The molecule has 0 fully saturated rings. The van der Waals surface area contributed by atoms with E-state index in [1.807, 2.05) is 39.8 Å². The zero-order chi connectivity index (χ0) is 20.4. The monoisotopic (exact) mass is 416 g/mol. The lowest BCUT2D eigenvalue weighted by Crippen LogP contribution is -2.22. The fourth-order valence-electron chi connectivity index (χ4n) is 3.05. The van der Waals surface area contributed by atoms with Crippen LogP contribution < -0.4 is 10.3 Å². The van der Waals surface area contributed by atoms with E-state index in [4.69, 9.17) is 9.72 Å². The van der Waals surface area contributed by atoms with Gasteiger partial charge in [-0.05, 0) is 58.4 Å². The van der Waals surface area contributed by atoms with Gasteiger partial charge in [-0.15, -0.1) is 11.3 Å². The number of carbonyl (C=O) groups excluding carboxylic acids is 1. The van der Waals surface area contributed by atoms with E-state index in [9.17, 15) is 9.59 Å². The van der Waals surface area contributed by atoms with Crippen molar-refractivity contribution < 1.29 is 9.53 Å². The van der Waals surface area contributed by atoms with Crippen molar-refractivity contribution in [1.82, 2.24) is 9.55 Å². The molecule has 0 atom stereocenters. The molecule has 0 N–H and O–H groups in total. The Labute approximate surface area is 172 Å². The van der Waals surface area contributed by atoms with Gasteiger partial charge in [-0.1, -0.05) is 11.8 Å². The molecule has 0 amide bonds. The second kappa shape index (κ2) is 8.49. The minimum absolute atomic E-state index is 0.0133. The molecular formula is C21H24N2O3S2. The summed E-state index contributed by atoms with van der Waals surface area (Å²) in [4.78, 5) is 31.4. The van der Waals surface area contributed by atoms with Crippen molar-refractivity contribution in [3.63, 3.8) is 0 Å². The average Bonchev–Trinajstić information content (AvgIpc) is 2.95. The SMILES string of the molecule is CCOc1ccc(C(C)=O)cc1CSc1nc2sc(C)c(C)c2c(=O)n1CC. The number of carbonyl (C=O) groups is 1. The predicted octanol–water partition coefficient (Wildman–Crippen LogP) is 4.99. The van der Waals surface area contributed by atoms with Crippen LogP contribution in [0.5, 0.6) is 5.75 Å². The molecule has 0 saturated heterocycles. The summed E-state index contributed by atoms with van der Waals surface area (Å²) in [7, 11) is 0. The summed E-state index contributed by atoms with van der Waals surface area (Å²) >= 11 is 3.05. The highest BCUT2D eigenvalue weighted by atomic mass is 32.2. The largest absolute Gasteiger partial charge is 0.494 e. The lowest BCUT2D eigenvalue weighted by Gasteiger charge is -2.13. The molecule has 28 heavy (non-hydrogen) atoms. The van der Waals surface area contributed by atoms with E-state index < -0.39 is 0 Å². The number of aromatic nitrogens is 2. The summed E-state index contributed by atoms with van der Waals surface area (Å²) < 4.78 is 7.44. The molecule has 0 bridgehead atoms. The molecule has 148 valence electrons. The zero-order valence-electron chi connectivity index (χ0n) is 16.8. The van der Waals surface area contributed by atoms with Crippen molar-refractivity contribution in [2.75, 3.05) is 6.61 Å². The first-order valence-corrected chi connectivity index (χ1v) is 11.1. The van der Waals surface area contributed by atoms with Gasteiger partial charge in [0.15, 0.2) is 10.9 Å². The summed E-state index contributed by atoms with van der Waals surface area (Å²) in [6, 6.07) is 5.49. The van der Waals surface area contributed by atoms with Crippen LogP contribution in [0.25, 0.3) is 10.2 Å². The van der Waals surface area contributed by atoms with E-state index in [2.05, 4.69) is 0 Å². The number of benzene rings is 1. The van der Waals surface area contributed by atoms with Crippen LogP contribution in [-0.2, 0) is 12.3 Å². The number of rotatable bonds is 7. The number of hydrogen-bond acceptors (Lipinski definition) is 6. The Morgan fingerprint density at radius 1 is 1.29 bits per heavy atom. The van der Waals surface area contributed by atoms with E-state index in [0.717, 1.165) is 32.0 Å². The van der Waals surface area contributed by atoms with Crippen molar-refractivity contribution in [2.24, 2.45) is 0 Å². The number of thiophene rings is 1. The van der Waals surface area contributed by atoms with Crippen molar-refractivity contribution in [1.29, 1.82) is 0 Å². The predicted molar refractivity (Wildman–Crippen MR) is 116 cm³/mol. The molecule has 3 rings (SSSR count). The van der Waals surface area contributed by atoms with Gasteiger partial charge in [-0.2, -0.15) is 0 Å². The first kappa shape index (κ1) is 20.6. The number of ketones is 1. The van der Waals surface area contributed by atoms with Gasteiger partial charge in [-0.25, -0.2) is 4.98 Å². The number of Topliss-reactive ketones (excluding diaryl/α,β-unsaturated/α-hetero) is 1. The summed E-state index contributed by atoms with van der Waals surface area (Å²) in [5.41, 5.74) is 2.61. The fourth-order valence-corrected chi connectivity index (χ4v) is 5.16. The second-order valence-electron chi connectivity index (χ2n) is 6.51. The summed E-state index contributed by atoms with van der Waals surface area (Å²) in [5.74, 6) is 1.34. The third-order valence-electron chi connectivity index (χ3n) is 4.69. The van der Waals surface area contributed by atoms with E-state index >= 15 is 0 Å². The van der Waals surface area contributed by atoms with Crippen molar-refractivity contribution in [3.8, 4) is 5.75 Å². The standard InChI is InChI=1S/C21H24N2O3S2/c1-6-23-20(25)18-12(3)14(5)28-19(18)22-21(23)27-11-16-10-15(13(4)24)8-9-17(16)26-7-2/h8-10H,6-7,11H2,1-5H3. The lowest BCUT2D eigenvalue weighted by molar-refractivity contribution is 0.101. The molecule has 3 aromatic rings. The highest BCUT2D eigenvalue weighted by molar-refractivity contribution is 7.98. The number of hydrogen-bond donors (Lipinski definition) is 0. The first-order chi connectivity index (χ1) is 13.4. The van der Waals surface area contributed by atoms with Crippen molar-refractivity contribution >= 4 is 39.1 Å². The summed E-state index contributed by atoms with van der Waals surface area (Å²) in [6.07, 6.45) is 0. The molecule has 0 radical (unpaired) electrons. The van der Waals surface area contributed by atoms with E-state index in [1.165, 1.54) is 11.8 Å². The molecule has 0 aliphatic rings. The van der Waals surface area contributed by atoms with Gasteiger partial charge >= 0.3 is 0 Å². The molecule has 0 aliphatic heterocycles. The number of thioether (sulfide) groups is 1. The molecule has 2 aromatic heterocycles. The zero-order valence-corrected chi connectivity index (χ0v) is 18.4. The Bertz CT molecular complexity index is 1100. The Morgan fingerprint density at radius 3 is 2.68 bits per heavy atom. The topological polar surface area (TPSA) is 61.2 Å². The van der Waals surface area contributed by atoms with Crippen molar-refractivity contribution in [2.45, 2.75) is 52.1 Å². The number of nitrogens with zero attached hydrogens (tertiary/aromatic N) is 2. The van der Waals surface area contributed by atoms with Gasteiger partial charge in [0.25, 0.3) is 5.56 Å². The van der Waals surface area contributed by atoms with E-state index in [0.29, 0.717) is 29.6 Å². The number of aryl methyl sites for hydroxylation is 2. The highest BCUT2D eigenvalue weighted by Gasteiger charge is 2.17. The number of ether oxygens (including phenoxy) is 1. The van der Waals surface area contributed by atoms with Crippen LogP contribution in [0.3, 0.4) is 0 Å². The molecule has 7 heteroatoms. The van der Waals surface area contributed by atoms with Gasteiger partial charge in [0.2, 0.25) is 0 Å². The minimum Gasteiger partial charge on any atom is -0.494 e. The maximum Gasteiger partial charge on any atom is 0.263 e. The molecular weight excluding hydrogens is 392 g/mol. The van der Waals surface area contributed by atoms with Gasteiger partial charge in [0.1, 0.15) is 10.6 Å². The Kier molecular flexibility index (Phi) is 6.25. The molecule has 5 nitrogen and oxygen atoms in total. The molecule has 1 aromatic carbocycles. The van der Waals surface area contributed by atoms with Crippen LogP contribution in [0, 0.1) is 13.8 Å². The molecule has 0 unspecified atom stereocenters. The molecule has 2 heterocycles. The lowest BCUT2D eigenvalue weighted by atomic mass is 10.1. The third-order valence-corrected chi connectivity index (χ3v) is 6.82. The fraction of sp³-hybridized carbons (Fsp3) is 0.381. The van der Waals surface area contributed by atoms with Crippen LogP contribution in [0.2, 0.25) is 0 Å². The van der Waals surface area contributed by atoms with Crippen LogP contribution in [0.4, 0.5) is 0 Å². The van der Waals surface area contributed by atoms with Gasteiger partial charge < -0.3 is 4.74 Å². The third kappa shape index (κ3) is 3.86.